The molecule has 2 heterocycles. The lowest BCUT2D eigenvalue weighted by molar-refractivity contribution is 0.160. The van der Waals surface area contributed by atoms with Gasteiger partial charge in [0, 0.05) is 26.2 Å². The maximum Gasteiger partial charge on any atom is 0.0598 e. The first-order valence-corrected chi connectivity index (χ1v) is 4.65. The largest absolute Gasteiger partial charge is 0.314 e. The van der Waals surface area contributed by atoms with Crippen molar-refractivity contribution in [2.24, 2.45) is 0 Å². The Morgan fingerprint density at radius 2 is 1.91 bits per heavy atom. The Morgan fingerprint density at radius 3 is 2.55 bits per heavy atom. The summed E-state index contributed by atoms with van der Waals surface area (Å²) in [4.78, 5) is 2.56. The Labute approximate surface area is 68.1 Å². The molecule has 0 aromatic heterocycles. The quantitative estimate of drug-likeness (QED) is 0.539. The summed E-state index contributed by atoms with van der Waals surface area (Å²) in [5.41, 5.74) is 0. The SMILES string of the molecule is C1CNC(N2CCNCC2)C1. The van der Waals surface area contributed by atoms with E-state index in [9.17, 15) is 0 Å². The fourth-order valence-electron chi connectivity index (χ4n) is 1.97. The van der Waals surface area contributed by atoms with Crippen LogP contribution in [0, 0.1) is 0 Å². The highest BCUT2D eigenvalue weighted by Gasteiger charge is 2.22. The number of piperazine rings is 1. The van der Waals surface area contributed by atoms with Gasteiger partial charge in [-0.1, -0.05) is 0 Å². The zero-order valence-corrected chi connectivity index (χ0v) is 6.97. The van der Waals surface area contributed by atoms with Crippen LogP contribution in [0.4, 0.5) is 0 Å². The van der Waals surface area contributed by atoms with Crippen molar-refractivity contribution in [1.82, 2.24) is 15.5 Å². The number of nitrogens with one attached hydrogen (secondary N) is 2. The van der Waals surface area contributed by atoms with Gasteiger partial charge in [-0.25, -0.2) is 0 Å². The molecule has 64 valence electrons. The number of hydrogen-bond donors (Lipinski definition) is 2. The van der Waals surface area contributed by atoms with Crippen LogP contribution in [0.5, 0.6) is 0 Å². The standard InChI is InChI=1S/C8H17N3/c1-2-8(10-3-1)11-6-4-9-5-7-11/h8-10H,1-7H2. The topological polar surface area (TPSA) is 27.3 Å². The minimum absolute atomic E-state index is 0.692. The van der Waals surface area contributed by atoms with E-state index in [1.54, 1.807) is 0 Å². The first-order valence-electron chi connectivity index (χ1n) is 4.65. The average molecular weight is 155 g/mol. The molecule has 3 nitrogen and oxygen atoms in total. The molecule has 0 amide bonds. The van der Waals surface area contributed by atoms with Gasteiger partial charge >= 0.3 is 0 Å². The first kappa shape index (κ1) is 7.53. The molecule has 2 aliphatic rings. The number of nitrogens with zero attached hydrogens (tertiary/aromatic N) is 1. The maximum absolute atomic E-state index is 3.52. The van der Waals surface area contributed by atoms with Gasteiger partial charge in [0.05, 0.1) is 6.17 Å². The fourth-order valence-corrected chi connectivity index (χ4v) is 1.97. The van der Waals surface area contributed by atoms with Gasteiger partial charge in [0.15, 0.2) is 0 Å². The van der Waals surface area contributed by atoms with Crippen LogP contribution in [-0.4, -0.2) is 43.8 Å². The average Bonchev–Trinajstić information content (AvgIpc) is 2.58. The van der Waals surface area contributed by atoms with Gasteiger partial charge in [-0.05, 0) is 19.4 Å². The Hall–Kier alpha value is -0.120. The zero-order chi connectivity index (χ0) is 7.52. The molecule has 3 heteroatoms. The Morgan fingerprint density at radius 1 is 1.09 bits per heavy atom. The van der Waals surface area contributed by atoms with Crippen molar-refractivity contribution in [3.8, 4) is 0 Å². The molecule has 1 unspecified atom stereocenters. The number of hydrogen-bond acceptors (Lipinski definition) is 3. The van der Waals surface area contributed by atoms with Gasteiger partial charge in [-0.15, -0.1) is 0 Å². The predicted octanol–water partition coefficient (Wildman–Crippen LogP) is -0.399. The van der Waals surface area contributed by atoms with Crippen LogP contribution in [0.1, 0.15) is 12.8 Å². The van der Waals surface area contributed by atoms with Gasteiger partial charge in [0.25, 0.3) is 0 Å². The molecule has 2 fully saturated rings. The second kappa shape index (κ2) is 3.52. The summed E-state index contributed by atoms with van der Waals surface area (Å²) in [5, 5.41) is 6.89. The van der Waals surface area contributed by atoms with Crippen molar-refractivity contribution in [2.45, 2.75) is 19.0 Å². The molecular formula is C8H17N3. The molecule has 1 atom stereocenters. The summed E-state index contributed by atoms with van der Waals surface area (Å²) >= 11 is 0. The third kappa shape index (κ3) is 1.72. The van der Waals surface area contributed by atoms with Gasteiger partial charge < -0.3 is 10.6 Å². The van der Waals surface area contributed by atoms with E-state index in [1.807, 2.05) is 0 Å². The molecule has 0 aliphatic carbocycles. The smallest absolute Gasteiger partial charge is 0.0598 e. The zero-order valence-electron chi connectivity index (χ0n) is 6.97. The maximum atomic E-state index is 3.52. The predicted molar refractivity (Wildman–Crippen MR) is 45.5 cm³/mol. The summed E-state index contributed by atoms with van der Waals surface area (Å²) in [5.74, 6) is 0. The van der Waals surface area contributed by atoms with Crippen LogP contribution in [0.2, 0.25) is 0 Å². The van der Waals surface area contributed by atoms with E-state index < -0.39 is 0 Å². The summed E-state index contributed by atoms with van der Waals surface area (Å²) < 4.78 is 0. The van der Waals surface area contributed by atoms with Crippen LogP contribution >= 0.6 is 0 Å². The monoisotopic (exact) mass is 155 g/mol. The summed E-state index contributed by atoms with van der Waals surface area (Å²) in [6, 6.07) is 0. The second-order valence-electron chi connectivity index (χ2n) is 3.40. The molecular weight excluding hydrogens is 138 g/mol. The van der Waals surface area contributed by atoms with Gasteiger partial charge in [0.2, 0.25) is 0 Å². The molecule has 11 heavy (non-hydrogen) atoms. The lowest BCUT2D eigenvalue weighted by atomic mass is 10.2. The van der Waals surface area contributed by atoms with E-state index in [0.29, 0.717) is 6.17 Å². The van der Waals surface area contributed by atoms with Crippen molar-refractivity contribution in [3.05, 3.63) is 0 Å². The second-order valence-corrected chi connectivity index (χ2v) is 3.40. The molecule has 0 aromatic rings. The molecule has 0 aromatic carbocycles. The lowest BCUT2D eigenvalue weighted by Crippen LogP contribution is -2.51. The van der Waals surface area contributed by atoms with E-state index in [2.05, 4.69) is 15.5 Å². The highest BCUT2D eigenvalue weighted by Crippen LogP contribution is 2.10. The van der Waals surface area contributed by atoms with Crippen molar-refractivity contribution >= 4 is 0 Å². The van der Waals surface area contributed by atoms with Crippen LogP contribution in [0.15, 0.2) is 0 Å². The highest BCUT2D eigenvalue weighted by molar-refractivity contribution is 4.78. The van der Waals surface area contributed by atoms with Crippen molar-refractivity contribution in [3.63, 3.8) is 0 Å². The third-order valence-electron chi connectivity index (χ3n) is 2.63. The Bertz CT molecular complexity index is 115. The normalized spacial score (nSPS) is 34.4. The lowest BCUT2D eigenvalue weighted by Gasteiger charge is -2.32. The van der Waals surface area contributed by atoms with Gasteiger partial charge in [-0.2, -0.15) is 0 Å². The van der Waals surface area contributed by atoms with Crippen LogP contribution in [0.3, 0.4) is 0 Å². The van der Waals surface area contributed by atoms with E-state index in [0.717, 1.165) is 13.1 Å². The van der Waals surface area contributed by atoms with E-state index >= 15 is 0 Å². The fraction of sp³-hybridized carbons (Fsp3) is 1.00. The van der Waals surface area contributed by atoms with E-state index in [4.69, 9.17) is 0 Å². The van der Waals surface area contributed by atoms with Crippen LogP contribution in [-0.2, 0) is 0 Å². The van der Waals surface area contributed by atoms with Crippen molar-refractivity contribution in [1.29, 1.82) is 0 Å². The summed E-state index contributed by atoms with van der Waals surface area (Å²) in [6.07, 6.45) is 3.39. The molecule has 2 N–H and O–H groups in total. The summed E-state index contributed by atoms with van der Waals surface area (Å²) in [7, 11) is 0. The van der Waals surface area contributed by atoms with Crippen LogP contribution < -0.4 is 10.6 Å². The molecule has 0 bridgehead atoms. The summed E-state index contributed by atoms with van der Waals surface area (Å²) in [6.45, 7) is 5.99. The molecule has 2 rings (SSSR count). The van der Waals surface area contributed by atoms with Gasteiger partial charge in [-0.3, -0.25) is 4.90 Å². The third-order valence-corrected chi connectivity index (χ3v) is 2.63. The van der Waals surface area contributed by atoms with Crippen LogP contribution in [0.25, 0.3) is 0 Å². The first-order chi connectivity index (χ1) is 5.47. The minimum Gasteiger partial charge on any atom is -0.314 e. The Balaban J connectivity index is 1.82. The molecule has 0 radical (unpaired) electrons. The minimum atomic E-state index is 0.692. The molecule has 2 aliphatic heterocycles. The van der Waals surface area contributed by atoms with E-state index in [-0.39, 0.29) is 0 Å². The van der Waals surface area contributed by atoms with Gasteiger partial charge in [0.1, 0.15) is 0 Å². The molecule has 2 saturated heterocycles. The van der Waals surface area contributed by atoms with Crippen molar-refractivity contribution < 1.29 is 0 Å². The number of rotatable bonds is 1. The van der Waals surface area contributed by atoms with Crippen molar-refractivity contribution in [2.75, 3.05) is 32.7 Å². The molecule has 0 spiro atoms. The highest BCUT2D eigenvalue weighted by atomic mass is 15.3. The molecule has 0 saturated carbocycles. The van der Waals surface area contributed by atoms with E-state index in [1.165, 1.54) is 32.5 Å². The Kier molecular flexibility index (Phi) is 2.41.